The van der Waals surface area contributed by atoms with Crippen molar-refractivity contribution in [3.63, 3.8) is 0 Å². The molecule has 0 saturated carbocycles. The number of carbonyl (C=O) groups excluding carboxylic acids is 2. The SMILES string of the molecule is CC1(C)NC(=O)N(CCCO)C1=O. The van der Waals surface area contributed by atoms with Gasteiger partial charge in [-0.3, -0.25) is 9.69 Å². The summed E-state index contributed by atoms with van der Waals surface area (Å²) in [6.07, 6.45) is 0.426. The molecule has 0 aromatic carbocycles. The van der Waals surface area contributed by atoms with Crippen molar-refractivity contribution in [3.8, 4) is 0 Å². The lowest BCUT2D eigenvalue weighted by Gasteiger charge is -2.15. The molecular formula is C8H14N2O3. The number of urea groups is 1. The van der Waals surface area contributed by atoms with E-state index in [2.05, 4.69) is 5.32 Å². The van der Waals surface area contributed by atoms with E-state index in [1.54, 1.807) is 13.8 Å². The Labute approximate surface area is 76.7 Å². The number of aliphatic hydroxyl groups excluding tert-OH is 1. The average molecular weight is 186 g/mol. The third-order valence-electron chi connectivity index (χ3n) is 1.98. The molecule has 0 bridgehead atoms. The highest BCUT2D eigenvalue weighted by Gasteiger charge is 2.43. The molecule has 1 saturated heterocycles. The predicted molar refractivity (Wildman–Crippen MR) is 46.0 cm³/mol. The number of imide groups is 1. The van der Waals surface area contributed by atoms with Crippen molar-refractivity contribution in [3.05, 3.63) is 0 Å². The minimum atomic E-state index is -0.799. The zero-order valence-corrected chi connectivity index (χ0v) is 7.83. The van der Waals surface area contributed by atoms with Gasteiger partial charge in [0.2, 0.25) is 0 Å². The summed E-state index contributed by atoms with van der Waals surface area (Å²) in [6, 6.07) is -0.372. The fraction of sp³-hybridized carbons (Fsp3) is 0.750. The Balaban J connectivity index is 2.66. The summed E-state index contributed by atoms with van der Waals surface area (Å²) in [6.45, 7) is 3.58. The fourth-order valence-electron chi connectivity index (χ4n) is 1.25. The van der Waals surface area contributed by atoms with Crippen LogP contribution in [-0.2, 0) is 4.79 Å². The molecular weight excluding hydrogens is 172 g/mol. The number of aliphatic hydroxyl groups is 1. The van der Waals surface area contributed by atoms with Crippen molar-refractivity contribution < 1.29 is 14.7 Å². The van der Waals surface area contributed by atoms with Crippen molar-refractivity contribution in [2.75, 3.05) is 13.2 Å². The molecule has 0 spiro atoms. The quantitative estimate of drug-likeness (QED) is 0.594. The molecule has 0 unspecified atom stereocenters. The third-order valence-corrected chi connectivity index (χ3v) is 1.98. The van der Waals surface area contributed by atoms with E-state index in [1.165, 1.54) is 0 Å². The van der Waals surface area contributed by atoms with Crippen LogP contribution in [-0.4, -0.2) is 40.6 Å². The van der Waals surface area contributed by atoms with Gasteiger partial charge < -0.3 is 10.4 Å². The normalized spacial score (nSPS) is 20.7. The maximum atomic E-state index is 11.5. The maximum absolute atomic E-state index is 11.5. The van der Waals surface area contributed by atoms with E-state index in [-0.39, 0.29) is 25.1 Å². The molecule has 1 aliphatic rings. The summed E-state index contributed by atoms with van der Waals surface area (Å²) in [5.41, 5.74) is -0.799. The molecule has 1 heterocycles. The Morgan fingerprint density at radius 1 is 1.46 bits per heavy atom. The number of hydrogen-bond donors (Lipinski definition) is 2. The van der Waals surface area contributed by atoms with E-state index in [0.29, 0.717) is 6.42 Å². The molecule has 5 nitrogen and oxygen atoms in total. The summed E-state index contributed by atoms with van der Waals surface area (Å²) in [5.74, 6) is -0.231. The molecule has 3 amide bonds. The van der Waals surface area contributed by atoms with Gasteiger partial charge in [0.1, 0.15) is 5.54 Å². The van der Waals surface area contributed by atoms with Crippen LogP contribution in [0.15, 0.2) is 0 Å². The van der Waals surface area contributed by atoms with Gasteiger partial charge in [0.25, 0.3) is 5.91 Å². The average Bonchev–Trinajstić information content (AvgIpc) is 2.21. The Morgan fingerprint density at radius 3 is 2.46 bits per heavy atom. The molecule has 0 aliphatic carbocycles. The number of rotatable bonds is 3. The first-order valence-electron chi connectivity index (χ1n) is 4.24. The van der Waals surface area contributed by atoms with E-state index in [9.17, 15) is 9.59 Å². The first kappa shape index (κ1) is 9.98. The number of hydrogen-bond acceptors (Lipinski definition) is 3. The smallest absolute Gasteiger partial charge is 0.325 e. The van der Waals surface area contributed by atoms with Crippen LogP contribution in [0.1, 0.15) is 20.3 Å². The van der Waals surface area contributed by atoms with E-state index in [1.807, 2.05) is 0 Å². The molecule has 0 aromatic heterocycles. The summed E-state index contributed by atoms with van der Waals surface area (Å²) < 4.78 is 0. The number of amides is 3. The molecule has 13 heavy (non-hydrogen) atoms. The minimum Gasteiger partial charge on any atom is -0.396 e. The number of nitrogens with zero attached hydrogens (tertiary/aromatic N) is 1. The molecule has 0 atom stereocenters. The second-order valence-corrected chi connectivity index (χ2v) is 3.59. The molecule has 2 N–H and O–H groups in total. The van der Waals surface area contributed by atoms with Gasteiger partial charge in [-0.2, -0.15) is 0 Å². The highest BCUT2D eigenvalue weighted by atomic mass is 16.3. The lowest BCUT2D eigenvalue weighted by atomic mass is 10.1. The van der Waals surface area contributed by atoms with Crippen molar-refractivity contribution in [1.82, 2.24) is 10.2 Å². The van der Waals surface area contributed by atoms with Gasteiger partial charge in [-0.1, -0.05) is 0 Å². The van der Waals surface area contributed by atoms with Gasteiger partial charge in [0, 0.05) is 13.2 Å². The predicted octanol–water partition coefficient (Wildman–Crippen LogP) is -0.301. The van der Waals surface area contributed by atoms with Gasteiger partial charge in [0.15, 0.2) is 0 Å². The second kappa shape index (κ2) is 3.33. The molecule has 5 heteroatoms. The standard InChI is InChI=1S/C8H14N2O3/c1-8(2)6(12)10(4-3-5-11)7(13)9-8/h11H,3-5H2,1-2H3,(H,9,13). The van der Waals surface area contributed by atoms with Crippen LogP contribution in [0.25, 0.3) is 0 Å². The van der Waals surface area contributed by atoms with Crippen molar-refractivity contribution >= 4 is 11.9 Å². The highest BCUT2D eigenvalue weighted by molar-refractivity contribution is 6.06. The maximum Gasteiger partial charge on any atom is 0.325 e. The van der Waals surface area contributed by atoms with Crippen molar-refractivity contribution in [1.29, 1.82) is 0 Å². The number of carbonyl (C=O) groups is 2. The molecule has 0 radical (unpaired) electrons. The zero-order valence-electron chi connectivity index (χ0n) is 7.83. The van der Waals surface area contributed by atoms with Crippen molar-refractivity contribution in [2.24, 2.45) is 0 Å². The Hall–Kier alpha value is -1.10. The van der Waals surface area contributed by atoms with Crippen LogP contribution >= 0.6 is 0 Å². The lowest BCUT2D eigenvalue weighted by molar-refractivity contribution is -0.130. The summed E-state index contributed by atoms with van der Waals surface area (Å²) in [5, 5.41) is 11.1. The van der Waals surface area contributed by atoms with E-state index >= 15 is 0 Å². The summed E-state index contributed by atoms with van der Waals surface area (Å²) >= 11 is 0. The van der Waals surface area contributed by atoms with Gasteiger partial charge in [-0.05, 0) is 20.3 Å². The van der Waals surface area contributed by atoms with Gasteiger partial charge in [0.05, 0.1) is 0 Å². The zero-order chi connectivity index (χ0) is 10.1. The van der Waals surface area contributed by atoms with Gasteiger partial charge >= 0.3 is 6.03 Å². The fourth-order valence-corrected chi connectivity index (χ4v) is 1.25. The molecule has 74 valence electrons. The molecule has 1 aliphatic heterocycles. The van der Waals surface area contributed by atoms with Gasteiger partial charge in [-0.15, -0.1) is 0 Å². The monoisotopic (exact) mass is 186 g/mol. The van der Waals surface area contributed by atoms with E-state index < -0.39 is 5.54 Å². The van der Waals surface area contributed by atoms with Crippen LogP contribution in [0.2, 0.25) is 0 Å². The molecule has 0 aromatic rings. The van der Waals surface area contributed by atoms with Crippen LogP contribution in [0.5, 0.6) is 0 Å². The third kappa shape index (κ3) is 1.80. The molecule has 1 rings (SSSR count). The minimum absolute atomic E-state index is 0.0164. The lowest BCUT2D eigenvalue weighted by Crippen LogP contribution is -2.40. The van der Waals surface area contributed by atoms with Crippen LogP contribution in [0.4, 0.5) is 4.79 Å². The Kier molecular flexibility index (Phi) is 2.56. The Morgan fingerprint density at radius 2 is 2.08 bits per heavy atom. The van der Waals surface area contributed by atoms with Crippen LogP contribution in [0.3, 0.4) is 0 Å². The Bertz CT molecular complexity index is 238. The summed E-state index contributed by atoms with van der Waals surface area (Å²) in [4.78, 5) is 23.9. The van der Waals surface area contributed by atoms with E-state index in [0.717, 1.165) is 4.90 Å². The first-order valence-corrected chi connectivity index (χ1v) is 4.24. The first-order chi connectivity index (χ1) is 5.99. The van der Waals surface area contributed by atoms with Crippen molar-refractivity contribution in [2.45, 2.75) is 25.8 Å². The highest BCUT2D eigenvalue weighted by Crippen LogP contribution is 2.16. The number of nitrogens with one attached hydrogen (secondary N) is 1. The second-order valence-electron chi connectivity index (χ2n) is 3.59. The van der Waals surface area contributed by atoms with Crippen LogP contribution in [0, 0.1) is 0 Å². The summed E-state index contributed by atoms with van der Waals surface area (Å²) in [7, 11) is 0. The molecule has 1 fully saturated rings. The van der Waals surface area contributed by atoms with Crippen LogP contribution < -0.4 is 5.32 Å². The van der Waals surface area contributed by atoms with Gasteiger partial charge in [-0.25, -0.2) is 4.79 Å². The topological polar surface area (TPSA) is 69.6 Å². The van der Waals surface area contributed by atoms with E-state index in [4.69, 9.17) is 5.11 Å². The largest absolute Gasteiger partial charge is 0.396 e.